The summed E-state index contributed by atoms with van der Waals surface area (Å²) in [6.45, 7) is 4.73. The summed E-state index contributed by atoms with van der Waals surface area (Å²) < 4.78 is 24.9. The van der Waals surface area contributed by atoms with Crippen molar-refractivity contribution in [2.75, 3.05) is 13.2 Å². The molecule has 4 aliphatic rings. The number of rotatable bonds is 4. The van der Waals surface area contributed by atoms with Gasteiger partial charge in [-0.15, -0.1) is 0 Å². The van der Waals surface area contributed by atoms with E-state index in [0.717, 1.165) is 37.5 Å². The average molecular weight is 399 g/mol. The molecule has 2 heterocycles. The van der Waals surface area contributed by atoms with Crippen LogP contribution in [0.3, 0.4) is 0 Å². The molecule has 0 spiro atoms. The molecule has 6 atom stereocenters. The molecule has 0 aromatic carbocycles. The highest BCUT2D eigenvalue weighted by Crippen LogP contribution is 2.40. The monoisotopic (exact) mass is 398 g/mol. The van der Waals surface area contributed by atoms with Crippen molar-refractivity contribution in [1.82, 2.24) is 0 Å². The fourth-order valence-corrected chi connectivity index (χ4v) is 5.41. The van der Waals surface area contributed by atoms with Crippen LogP contribution >= 0.6 is 0 Å². The second-order valence-corrected chi connectivity index (χ2v) is 9.74. The van der Waals surface area contributed by atoms with E-state index in [1.807, 2.05) is 0 Å². The summed E-state index contributed by atoms with van der Waals surface area (Å²) in [4.78, 5) is 0. The van der Waals surface area contributed by atoms with Crippen LogP contribution in [0, 0.1) is 23.7 Å². The molecule has 0 aromatic heterocycles. The number of aliphatic hydroxyl groups is 2. The van der Waals surface area contributed by atoms with Crippen molar-refractivity contribution in [3.05, 3.63) is 0 Å². The van der Waals surface area contributed by atoms with Gasteiger partial charge in [0.05, 0.1) is 13.2 Å². The molecule has 4 fully saturated rings. The van der Waals surface area contributed by atoms with Crippen molar-refractivity contribution in [1.29, 1.82) is 0 Å². The molecule has 0 amide bonds. The highest BCUT2D eigenvalue weighted by Gasteiger charge is 2.50. The largest absolute Gasteiger partial charge is 0.394 e. The maximum absolute atomic E-state index is 10.5. The number of fused-ring (bicyclic) bond motifs is 1. The Balaban J connectivity index is 1.42. The standard InChI is InChI=1S/C22H38O6/c1-13-3-7-15(8-4-13)21-25-12-18-20(28-21)19(17(24)11-23)27-22(26-18)16-9-5-14(2)6-10-16/h13-24H,3-12H2,1-2H3. The third-order valence-electron chi connectivity index (χ3n) is 7.46. The van der Waals surface area contributed by atoms with Crippen molar-refractivity contribution in [2.24, 2.45) is 23.7 Å². The minimum Gasteiger partial charge on any atom is -0.394 e. The number of hydrogen-bond acceptors (Lipinski definition) is 6. The van der Waals surface area contributed by atoms with Gasteiger partial charge in [-0.1, -0.05) is 39.5 Å². The van der Waals surface area contributed by atoms with Crippen molar-refractivity contribution < 1.29 is 29.2 Å². The summed E-state index contributed by atoms with van der Waals surface area (Å²) in [5, 5.41) is 20.1. The Labute approximate surface area is 168 Å². The van der Waals surface area contributed by atoms with Gasteiger partial charge in [0.2, 0.25) is 0 Å². The van der Waals surface area contributed by atoms with Crippen LogP contribution in [0.25, 0.3) is 0 Å². The molecule has 0 aromatic rings. The molecule has 2 aliphatic carbocycles. The quantitative estimate of drug-likeness (QED) is 0.758. The summed E-state index contributed by atoms with van der Waals surface area (Å²) in [5.41, 5.74) is 0. The van der Waals surface area contributed by atoms with E-state index in [1.165, 1.54) is 25.7 Å². The molecule has 28 heavy (non-hydrogen) atoms. The smallest absolute Gasteiger partial charge is 0.161 e. The van der Waals surface area contributed by atoms with Gasteiger partial charge in [-0.25, -0.2) is 0 Å². The summed E-state index contributed by atoms with van der Waals surface area (Å²) in [7, 11) is 0. The third-order valence-corrected chi connectivity index (χ3v) is 7.46. The van der Waals surface area contributed by atoms with Crippen LogP contribution < -0.4 is 0 Å². The molecule has 6 unspecified atom stereocenters. The van der Waals surface area contributed by atoms with E-state index in [9.17, 15) is 10.2 Å². The van der Waals surface area contributed by atoms with E-state index >= 15 is 0 Å². The zero-order valence-corrected chi connectivity index (χ0v) is 17.4. The molecular weight excluding hydrogens is 360 g/mol. The second-order valence-electron chi connectivity index (χ2n) is 9.74. The van der Waals surface area contributed by atoms with Crippen LogP contribution in [0.2, 0.25) is 0 Å². The zero-order chi connectivity index (χ0) is 19.7. The van der Waals surface area contributed by atoms with Crippen LogP contribution in [-0.4, -0.2) is 60.4 Å². The molecule has 2 saturated carbocycles. The predicted molar refractivity (Wildman–Crippen MR) is 103 cm³/mol. The van der Waals surface area contributed by atoms with E-state index in [-0.39, 0.29) is 31.4 Å². The van der Waals surface area contributed by atoms with Crippen LogP contribution in [0.15, 0.2) is 0 Å². The van der Waals surface area contributed by atoms with Gasteiger partial charge < -0.3 is 29.2 Å². The fraction of sp³-hybridized carbons (Fsp3) is 1.00. The minimum absolute atomic E-state index is 0.247. The van der Waals surface area contributed by atoms with Gasteiger partial charge in [0, 0.05) is 11.8 Å². The molecule has 162 valence electrons. The van der Waals surface area contributed by atoms with Gasteiger partial charge in [0.1, 0.15) is 24.4 Å². The Bertz CT molecular complexity index is 483. The highest BCUT2D eigenvalue weighted by atomic mass is 16.8. The summed E-state index contributed by atoms with van der Waals surface area (Å²) in [5.74, 6) is 2.26. The van der Waals surface area contributed by atoms with Gasteiger partial charge >= 0.3 is 0 Å². The Morgan fingerprint density at radius 1 is 0.786 bits per heavy atom. The normalized spacial score (nSPS) is 48.6. The van der Waals surface area contributed by atoms with E-state index in [4.69, 9.17) is 18.9 Å². The van der Waals surface area contributed by atoms with Crippen molar-refractivity contribution in [2.45, 2.75) is 102 Å². The van der Waals surface area contributed by atoms with Gasteiger partial charge in [-0.3, -0.25) is 0 Å². The molecule has 6 nitrogen and oxygen atoms in total. The topological polar surface area (TPSA) is 77.4 Å². The minimum atomic E-state index is -0.966. The van der Waals surface area contributed by atoms with Crippen LogP contribution in [-0.2, 0) is 18.9 Å². The lowest BCUT2D eigenvalue weighted by molar-refractivity contribution is -0.384. The lowest BCUT2D eigenvalue weighted by Crippen LogP contribution is -2.63. The highest BCUT2D eigenvalue weighted by molar-refractivity contribution is 4.93. The molecule has 2 N–H and O–H groups in total. The summed E-state index contributed by atoms with van der Waals surface area (Å²) in [6, 6.07) is 0. The molecule has 6 heteroatoms. The van der Waals surface area contributed by atoms with Crippen LogP contribution in [0.4, 0.5) is 0 Å². The summed E-state index contributed by atoms with van der Waals surface area (Å²) >= 11 is 0. The van der Waals surface area contributed by atoms with E-state index in [1.54, 1.807) is 0 Å². The third kappa shape index (κ3) is 4.57. The maximum atomic E-state index is 10.5. The van der Waals surface area contributed by atoms with Crippen LogP contribution in [0.5, 0.6) is 0 Å². The Hall–Kier alpha value is -0.240. The summed E-state index contributed by atoms with van der Waals surface area (Å²) in [6.07, 6.45) is 6.39. The first-order valence-electron chi connectivity index (χ1n) is 11.4. The number of aliphatic hydroxyl groups excluding tert-OH is 2. The Kier molecular flexibility index (Phi) is 6.96. The van der Waals surface area contributed by atoms with Crippen molar-refractivity contribution >= 4 is 0 Å². The zero-order valence-electron chi connectivity index (χ0n) is 17.4. The molecular formula is C22H38O6. The SMILES string of the molecule is CC1CCC(C2OC3COC(C4CCC(C)CC4)OC3C(C(O)CO)O2)CC1. The lowest BCUT2D eigenvalue weighted by atomic mass is 9.82. The van der Waals surface area contributed by atoms with Gasteiger partial charge in [-0.05, 0) is 37.5 Å². The van der Waals surface area contributed by atoms with E-state index < -0.39 is 12.2 Å². The number of ether oxygens (including phenoxy) is 4. The Morgan fingerprint density at radius 3 is 1.93 bits per heavy atom. The van der Waals surface area contributed by atoms with Gasteiger partial charge in [0.25, 0.3) is 0 Å². The van der Waals surface area contributed by atoms with Crippen LogP contribution in [0.1, 0.15) is 65.2 Å². The second kappa shape index (κ2) is 9.27. The average Bonchev–Trinajstić information content (AvgIpc) is 2.73. The first-order valence-corrected chi connectivity index (χ1v) is 11.4. The first kappa shape index (κ1) is 21.0. The number of hydrogen-bond donors (Lipinski definition) is 2. The molecule has 0 radical (unpaired) electrons. The molecule has 4 rings (SSSR count). The first-order chi connectivity index (χ1) is 13.5. The molecule has 0 bridgehead atoms. The van der Waals surface area contributed by atoms with E-state index in [0.29, 0.717) is 18.4 Å². The van der Waals surface area contributed by atoms with Gasteiger partial charge in [-0.2, -0.15) is 0 Å². The predicted octanol–water partition coefficient (Wildman–Crippen LogP) is 2.84. The lowest BCUT2D eigenvalue weighted by Gasteiger charge is -2.50. The Morgan fingerprint density at radius 2 is 1.36 bits per heavy atom. The molecule has 2 saturated heterocycles. The van der Waals surface area contributed by atoms with E-state index in [2.05, 4.69) is 13.8 Å². The van der Waals surface area contributed by atoms with Crippen molar-refractivity contribution in [3.8, 4) is 0 Å². The van der Waals surface area contributed by atoms with Gasteiger partial charge in [0.15, 0.2) is 12.6 Å². The molecule has 2 aliphatic heterocycles. The van der Waals surface area contributed by atoms with Crippen molar-refractivity contribution in [3.63, 3.8) is 0 Å². The maximum Gasteiger partial charge on any atom is 0.161 e. The fourth-order valence-electron chi connectivity index (χ4n) is 5.41.